The standard InChI is InChI=1S/C22H18N4O2/c1-26(2)22(28)15-7-5-9-18-14(15)10-11-20(24-18)21(27)25-19-12-13-23-17-8-4-3-6-16(17)19/h3-13H,1-2H3,(H,23,25,27). The summed E-state index contributed by atoms with van der Waals surface area (Å²) >= 11 is 0. The van der Waals surface area contributed by atoms with Crippen molar-refractivity contribution in [2.24, 2.45) is 0 Å². The molecule has 0 bridgehead atoms. The van der Waals surface area contributed by atoms with Gasteiger partial charge >= 0.3 is 0 Å². The molecular formula is C22H18N4O2. The number of hydrogen-bond donors (Lipinski definition) is 1. The molecule has 6 heteroatoms. The highest BCUT2D eigenvalue weighted by atomic mass is 16.2. The zero-order valence-corrected chi connectivity index (χ0v) is 15.5. The van der Waals surface area contributed by atoms with E-state index in [1.807, 2.05) is 24.3 Å². The van der Waals surface area contributed by atoms with Crippen LogP contribution in [0.4, 0.5) is 5.69 Å². The Balaban J connectivity index is 1.69. The van der Waals surface area contributed by atoms with Gasteiger partial charge in [-0.3, -0.25) is 14.6 Å². The molecule has 6 nitrogen and oxygen atoms in total. The second kappa shape index (κ2) is 7.08. The van der Waals surface area contributed by atoms with Crippen LogP contribution in [0, 0.1) is 0 Å². The first-order chi connectivity index (χ1) is 13.5. The highest BCUT2D eigenvalue weighted by Crippen LogP contribution is 2.23. The molecule has 0 radical (unpaired) electrons. The summed E-state index contributed by atoms with van der Waals surface area (Å²) in [5.41, 5.74) is 2.91. The highest BCUT2D eigenvalue weighted by Gasteiger charge is 2.15. The number of fused-ring (bicyclic) bond motifs is 2. The summed E-state index contributed by atoms with van der Waals surface area (Å²) < 4.78 is 0. The van der Waals surface area contributed by atoms with E-state index in [0.717, 1.165) is 10.9 Å². The van der Waals surface area contributed by atoms with Crippen LogP contribution in [0.25, 0.3) is 21.8 Å². The number of benzene rings is 2. The summed E-state index contributed by atoms with van der Waals surface area (Å²) in [5.74, 6) is -0.421. The van der Waals surface area contributed by atoms with Crippen molar-refractivity contribution in [3.63, 3.8) is 0 Å². The van der Waals surface area contributed by atoms with E-state index in [9.17, 15) is 9.59 Å². The van der Waals surface area contributed by atoms with Gasteiger partial charge in [-0.2, -0.15) is 0 Å². The molecular weight excluding hydrogens is 352 g/mol. The fourth-order valence-corrected chi connectivity index (χ4v) is 3.10. The second-order valence-corrected chi connectivity index (χ2v) is 6.60. The van der Waals surface area contributed by atoms with Gasteiger partial charge in [-0.1, -0.05) is 24.3 Å². The molecule has 4 aromatic rings. The van der Waals surface area contributed by atoms with Crippen molar-refractivity contribution >= 4 is 39.3 Å². The third-order valence-electron chi connectivity index (χ3n) is 4.50. The maximum Gasteiger partial charge on any atom is 0.274 e. The van der Waals surface area contributed by atoms with Crippen molar-refractivity contribution in [1.82, 2.24) is 14.9 Å². The topological polar surface area (TPSA) is 75.2 Å². The van der Waals surface area contributed by atoms with Gasteiger partial charge < -0.3 is 10.2 Å². The molecule has 0 fully saturated rings. The smallest absolute Gasteiger partial charge is 0.274 e. The number of hydrogen-bond acceptors (Lipinski definition) is 4. The molecule has 1 N–H and O–H groups in total. The number of rotatable bonds is 3. The third kappa shape index (κ3) is 3.16. The first kappa shape index (κ1) is 17.6. The van der Waals surface area contributed by atoms with Crippen LogP contribution < -0.4 is 5.32 Å². The zero-order valence-electron chi connectivity index (χ0n) is 15.5. The van der Waals surface area contributed by atoms with Crippen LogP contribution in [0.2, 0.25) is 0 Å². The molecule has 0 atom stereocenters. The van der Waals surface area contributed by atoms with Crippen LogP contribution in [0.15, 0.2) is 66.9 Å². The number of carbonyl (C=O) groups excluding carboxylic acids is 2. The number of para-hydroxylation sites is 1. The van der Waals surface area contributed by atoms with Gasteiger partial charge in [-0.15, -0.1) is 0 Å². The zero-order chi connectivity index (χ0) is 19.7. The third-order valence-corrected chi connectivity index (χ3v) is 4.50. The summed E-state index contributed by atoms with van der Waals surface area (Å²) in [4.78, 5) is 35.4. The molecule has 0 saturated heterocycles. The van der Waals surface area contributed by atoms with Crippen molar-refractivity contribution < 1.29 is 9.59 Å². The minimum atomic E-state index is -0.317. The van der Waals surface area contributed by atoms with Crippen LogP contribution in [-0.4, -0.2) is 40.8 Å². The Bertz CT molecular complexity index is 1210. The summed E-state index contributed by atoms with van der Waals surface area (Å²) in [6.45, 7) is 0. The maximum absolute atomic E-state index is 12.8. The van der Waals surface area contributed by atoms with Crippen LogP contribution in [-0.2, 0) is 0 Å². The predicted molar refractivity (Wildman–Crippen MR) is 109 cm³/mol. The summed E-state index contributed by atoms with van der Waals surface area (Å²) in [6, 6.07) is 18.1. The van der Waals surface area contributed by atoms with Gasteiger partial charge in [-0.05, 0) is 36.4 Å². The average Bonchev–Trinajstić information content (AvgIpc) is 2.72. The lowest BCUT2D eigenvalue weighted by atomic mass is 10.1. The molecule has 2 amide bonds. The van der Waals surface area contributed by atoms with Crippen molar-refractivity contribution in [2.75, 3.05) is 19.4 Å². The Kier molecular flexibility index (Phi) is 4.45. The number of amides is 2. The molecule has 0 aliphatic carbocycles. The van der Waals surface area contributed by atoms with Crippen LogP contribution in [0.3, 0.4) is 0 Å². The lowest BCUT2D eigenvalue weighted by molar-refractivity contribution is 0.0829. The highest BCUT2D eigenvalue weighted by molar-refractivity contribution is 6.10. The largest absolute Gasteiger partial charge is 0.345 e. The summed E-state index contributed by atoms with van der Waals surface area (Å²) in [7, 11) is 3.41. The van der Waals surface area contributed by atoms with Crippen LogP contribution >= 0.6 is 0 Å². The number of nitrogens with one attached hydrogen (secondary N) is 1. The fraction of sp³-hybridized carbons (Fsp3) is 0.0909. The van der Waals surface area contributed by atoms with E-state index < -0.39 is 0 Å². The molecule has 4 rings (SSSR count). The molecule has 138 valence electrons. The van der Waals surface area contributed by atoms with Crippen molar-refractivity contribution in [1.29, 1.82) is 0 Å². The van der Waals surface area contributed by atoms with Crippen molar-refractivity contribution in [3.05, 3.63) is 78.1 Å². The summed E-state index contributed by atoms with van der Waals surface area (Å²) in [6.07, 6.45) is 1.66. The molecule has 28 heavy (non-hydrogen) atoms. The number of nitrogens with zero attached hydrogens (tertiary/aromatic N) is 3. The quantitative estimate of drug-likeness (QED) is 0.596. The molecule has 2 heterocycles. The van der Waals surface area contributed by atoms with E-state index in [1.165, 1.54) is 4.90 Å². The maximum atomic E-state index is 12.8. The van der Waals surface area contributed by atoms with E-state index in [1.54, 1.807) is 56.7 Å². The van der Waals surface area contributed by atoms with Crippen molar-refractivity contribution in [3.8, 4) is 0 Å². The Morgan fingerprint density at radius 2 is 1.64 bits per heavy atom. The lowest BCUT2D eigenvalue weighted by Gasteiger charge is -2.13. The molecule has 2 aromatic carbocycles. The average molecular weight is 370 g/mol. The fourth-order valence-electron chi connectivity index (χ4n) is 3.10. The Hall–Kier alpha value is -3.80. The molecule has 0 spiro atoms. The van der Waals surface area contributed by atoms with E-state index in [0.29, 0.717) is 22.2 Å². The SMILES string of the molecule is CN(C)C(=O)c1cccc2nc(C(=O)Nc3ccnc4ccccc34)ccc12. The van der Waals surface area contributed by atoms with Crippen LogP contribution in [0.5, 0.6) is 0 Å². The minimum absolute atomic E-state index is 0.104. The Labute approximate surface area is 161 Å². The summed E-state index contributed by atoms with van der Waals surface area (Å²) in [5, 5.41) is 4.48. The van der Waals surface area contributed by atoms with Crippen LogP contribution in [0.1, 0.15) is 20.8 Å². The first-order valence-corrected chi connectivity index (χ1v) is 8.81. The predicted octanol–water partition coefficient (Wildman–Crippen LogP) is 3.74. The first-order valence-electron chi connectivity index (χ1n) is 8.81. The molecule has 0 aliphatic rings. The van der Waals surface area contributed by atoms with E-state index in [-0.39, 0.29) is 17.5 Å². The number of aromatic nitrogens is 2. The van der Waals surface area contributed by atoms with E-state index >= 15 is 0 Å². The molecule has 0 aliphatic heterocycles. The van der Waals surface area contributed by atoms with E-state index in [2.05, 4.69) is 15.3 Å². The minimum Gasteiger partial charge on any atom is -0.345 e. The molecule has 0 saturated carbocycles. The molecule has 2 aromatic heterocycles. The lowest BCUT2D eigenvalue weighted by Crippen LogP contribution is -2.22. The Morgan fingerprint density at radius 1 is 0.857 bits per heavy atom. The Morgan fingerprint density at radius 3 is 2.46 bits per heavy atom. The van der Waals surface area contributed by atoms with Gasteiger partial charge in [0.05, 0.1) is 16.7 Å². The van der Waals surface area contributed by atoms with Gasteiger partial charge in [0.2, 0.25) is 0 Å². The van der Waals surface area contributed by atoms with Gasteiger partial charge in [0.25, 0.3) is 11.8 Å². The molecule has 0 unspecified atom stereocenters. The van der Waals surface area contributed by atoms with Gasteiger partial charge in [0, 0.05) is 36.6 Å². The normalized spacial score (nSPS) is 10.8. The van der Waals surface area contributed by atoms with Crippen molar-refractivity contribution in [2.45, 2.75) is 0 Å². The van der Waals surface area contributed by atoms with Gasteiger partial charge in [0.1, 0.15) is 5.69 Å². The number of carbonyl (C=O) groups is 2. The van der Waals surface area contributed by atoms with Gasteiger partial charge in [0.15, 0.2) is 0 Å². The number of anilines is 1. The number of pyridine rings is 2. The van der Waals surface area contributed by atoms with E-state index in [4.69, 9.17) is 0 Å². The second-order valence-electron chi connectivity index (χ2n) is 6.60. The van der Waals surface area contributed by atoms with Gasteiger partial charge in [-0.25, -0.2) is 4.98 Å². The monoisotopic (exact) mass is 370 g/mol.